The fraction of sp³-hybridized carbons (Fsp3) is 0.261. The van der Waals surface area contributed by atoms with Crippen LogP contribution < -0.4 is 15.2 Å². The van der Waals surface area contributed by atoms with Crippen molar-refractivity contribution in [3.05, 3.63) is 66.2 Å². The number of fused-ring (bicyclic) bond motifs is 1. The number of sulfonamides is 1. The second kappa shape index (κ2) is 9.28. The fourth-order valence-corrected chi connectivity index (χ4v) is 3.49. The minimum atomic E-state index is -3.61. The third-order valence-corrected chi connectivity index (χ3v) is 5.32. The molecule has 0 spiro atoms. The Bertz CT molecular complexity index is 1160. The van der Waals surface area contributed by atoms with Crippen molar-refractivity contribution in [3.8, 4) is 16.9 Å². The number of hydrogen-bond donors (Lipinski definition) is 2. The Kier molecular flexibility index (Phi) is 6.74. The summed E-state index contributed by atoms with van der Waals surface area (Å²) in [5, 5.41) is 9.48. The van der Waals surface area contributed by atoms with Crippen LogP contribution in [0.1, 0.15) is 24.2 Å². The van der Waals surface area contributed by atoms with Crippen LogP contribution in [0.15, 0.2) is 60.7 Å². The van der Waals surface area contributed by atoms with Crippen LogP contribution in [0, 0.1) is 5.92 Å². The van der Waals surface area contributed by atoms with Gasteiger partial charge in [0.1, 0.15) is 5.75 Å². The van der Waals surface area contributed by atoms with Gasteiger partial charge in [-0.15, -0.1) is 0 Å². The van der Waals surface area contributed by atoms with E-state index in [2.05, 4.69) is 19.2 Å². The molecule has 0 saturated heterocycles. The van der Waals surface area contributed by atoms with Crippen LogP contribution in [0.3, 0.4) is 0 Å². The van der Waals surface area contributed by atoms with E-state index >= 15 is 0 Å². The lowest BCUT2D eigenvalue weighted by molar-refractivity contribution is 0.0956. The van der Waals surface area contributed by atoms with E-state index in [1.165, 1.54) is 0 Å². The number of carbonyl (C=O) groups is 1. The first-order valence-electron chi connectivity index (χ1n) is 9.77. The second-order valence-electron chi connectivity index (χ2n) is 7.60. The minimum Gasteiger partial charge on any atom is -0.493 e. The van der Waals surface area contributed by atoms with Crippen LogP contribution in [-0.4, -0.2) is 33.2 Å². The molecule has 0 aliphatic rings. The number of ether oxygens (including phenoxy) is 1. The van der Waals surface area contributed by atoms with Gasteiger partial charge in [0.2, 0.25) is 10.0 Å². The van der Waals surface area contributed by atoms with E-state index in [1.54, 1.807) is 12.1 Å². The molecule has 0 bridgehead atoms. The molecule has 0 aromatic heterocycles. The highest BCUT2D eigenvalue weighted by Gasteiger charge is 2.11. The number of hydrogen-bond acceptors (Lipinski definition) is 4. The van der Waals surface area contributed by atoms with E-state index in [4.69, 9.17) is 9.88 Å². The molecule has 3 rings (SSSR count). The summed E-state index contributed by atoms with van der Waals surface area (Å²) in [5.41, 5.74) is 2.54. The number of nitrogens with one attached hydrogen (secondary N) is 1. The van der Waals surface area contributed by atoms with Gasteiger partial charge in [-0.3, -0.25) is 4.79 Å². The van der Waals surface area contributed by atoms with Gasteiger partial charge in [-0.1, -0.05) is 50.2 Å². The number of amides is 1. The van der Waals surface area contributed by atoms with E-state index in [0.717, 1.165) is 27.6 Å². The van der Waals surface area contributed by atoms with Crippen molar-refractivity contribution < 1.29 is 17.9 Å². The van der Waals surface area contributed by atoms with Gasteiger partial charge in [0.15, 0.2) is 0 Å². The van der Waals surface area contributed by atoms with Gasteiger partial charge < -0.3 is 10.1 Å². The number of rotatable bonds is 8. The zero-order chi connectivity index (χ0) is 21.7. The molecule has 3 aromatic carbocycles. The van der Waals surface area contributed by atoms with E-state index in [-0.39, 0.29) is 18.2 Å². The largest absolute Gasteiger partial charge is 0.493 e. The topological polar surface area (TPSA) is 98.5 Å². The second-order valence-corrected chi connectivity index (χ2v) is 9.33. The van der Waals surface area contributed by atoms with Crippen molar-refractivity contribution in [3.63, 3.8) is 0 Å². The van der Waals surface area contributed by atoms with Crippen molar-refractivity contribution in [2.75, 3.05) is 18.9 Å². The maximum Gasteiger partial charge on any atom is 0.251 e. The van der Waals surface area contributed by atoms with Crippen LogP contribution in [0.2, 0.25) is 0 Å². The summed E-state index contributed by atoms with van der Waals surface area (Å²) in [4.78, 5) is 12.3. The lowest BCUT2D eigenvalue weighted by Gasteiger charge is -2.12. The third-order valence-electron chi connectivity index (χ3n) is 4.54. The third kappa shape index (κ3) is 5.81. The maximum absolute atomic E-state index is 12.3. The summed E-state index contributed by atoms with van der Waals surface area (Å²) < 4.78 is 27.9. The highest BCUT2D eigenvalue weighted by molar-refractivity contribution is 7.89. The standard InChI is InChI=1S/C23H26N2O4S/c1-16(2)15-29-20-7-3-5-18(14-20)21-8-4-6-17-13-19(9-10-22(17)21)23(26)25-11-12-30(24,27)28/h3-10,13-14,16H,11-12,15H2,1-2H3,(H,25,26)(H2,24,27,28). The minimum absolute atomic E-state index is 0.0289. The zero-order valence-corrected chi connectivity index (χ0v) is 17.9. The molecule has 6 nitrogen and oxygen atoms in total. The summed E-state index contributed by atoms with van der Waals surface area (Å²) in [7, 11) is -3.61. The van der Waals surface area contributed by atoms with Gasteiger partial charge >= 0.3 is 0 Å². The molecule has 0 heterocycles. The van der Waals surface area contributed by atoms with Crippen LogP contribution >= 0.6 is 0 Å². The van der Waals surface area contributed by atoms with Crippen molar-refractivity contribution >= 4 is 26.7 Å². The Hall–Kier alpha value is -2.90. The first-order chi connectivity index (χ1) is 14.2. The van der Waals surface area contributed by atoms with Crippen molar-refractivity contribution in [2.45, 2.75) is 13.8 Å². The monoisotopic (exact) mass is 426 g/mol. The van der Waals surface area contributed by atoms with Gasteiger partial charge in [0.25, 0.3) is 5.91 Å². The highest BCUT2D eigenvalue weighted by Crippen LogP contribution is 2.31. The molecular weight excluding hydrogens is 400 g/mol. The molecule has 158 valence electrons. The van der Waals surface area contributed by atoms with Gasteiger partial charge in [0.05, 0.1) is 12.4 Å². The Balaban J connectivity index is 1.85. The van der Waals surface area contributed by atoms with E-state index < -0.39 is 10.0 Å². The Labute approximate surface area is 177 Å². The number of primary sulfonamides is 1. The molecule has 0 aliphatic heterocycles. The summed E-state index contributed by atoms with van der Waals surface area (Å²) in [6.45, 7) is 4.84. The number of carbonyl (C=O) groups excluding carboxylic acids is 1. The van der Waals surface area contributed by atoms with Crippen molar-refractivity contribution in [2.24, 2.45) is 11.1 Å². The smallest absolute Gasteiger partial charge is 0.251 e. The average Bonchev–Trinajstić information content (AvgIpc) is 2.70. The molecule has 0 unspecified atom stereocenters. The van der Waals surface area contributed by atoms with Crippen LogP contribution in [0.25, 0.3) is 21.9 Å². The normalized spacial score (nSPS) is 11.6. The van der Waals surface area contributed by atoms with Crippen LogP contribution in [0.4, 0.5) is 0 Å². The van der Waals surface area contributed by atoms with E-state index in [0.29, 0.717) is 18.1 Å². The molecule has 0 atom stereocenters. The molecule has 3 N–H and O–H groups in total. The quantitative estimate of drug-likeness (QED) is 0.575. The molecule has 3 aromatic rings. The highest BCUT2D eigenvalue weighted by atomic mass is 32.2. The molecule has 0 aliphatic carbocycles. The van der Waals surface area contributed by atoms with Crippen LogP contribution in [0.5, 0.6) is 5.75 Å². The number of nitrogens with two attached hydrogens (primary N) is 1. The predicted molar refractivity (Wildman–Crippen MR) is 120 cm³/mol. The van der Waals surface area contributed by atoms with Crippen molar-refractivity contribution in [1.82, 2.24) is 5.32 Å². The Morgan fingerprint density at radius 2 is 1.83 bits per heavy atom. The average molecular weight is 427 g/mol. The first kappa shape index (κ1) is 21.8. The lowest BCUT2D eigenvalue weighted by atomic mass is 9.96. The number of benzene rings is 3. The molecule has 0 saturated carbocycles. The maximum atomic E-state index is 12.3. The molecule has 0 fully saturated rings. The van der Waals surface area contributed by atoms with E-state index in [9.17, 15) is 13.2 Å². The van der Waals surface area contributed by atoms with Gasteiger partial charge in [-0.05, 0) is 52.1 Å². The van der Waals surface area contributed by atoms with Gasteiger partial charge in [-0.25, -0.2) is 13.6 Å². The predicted octanol–water partition coefficient (Wildman–Crippen LogP) is 3.56. The molecular formula is C23H26N2O4S. The molecule has 7 heteroatoms. The molecule has 0 radical (unpaired) electrons. The van der Waals surface area contributed by atoms with Crippen molar-refractivity contribution in [1.29, 1.82) is 0 Å². The summed E-state index contributed by atoms with van der Waals surface area (Å²) in [5.74, 6) is 0.630. The Morgan fingerprint density at radius 1 is 1.07 bits per heavy atom. The fourth-order valence-electron chi connectivity index (χ4n) is 3.10. The zero-order valence-electron chi connectivity index (χ0n) is 17.1. The SMILES string of the molecule is CC(C)COc1cccc(-c2cccc3cc(C(=O)NCCS(N)(=O)=O)ccc23)c1. The summed E-state index contributed by atoms with van der Waals surface area (Å²) in [6, 6.07) is 19.3. The summed E-state index contributed by atoms with van der Waals surface area (Å²) in [6.07, 6.45) is 0. The summed E-state index contributed by atoms with van der Waals surface area (Å²) >= 11 is 0. The molecule has 30 heavy (non-hydrogen) atoms. The van der Waals surface area contributed by atoms with Gasteiger partial charge in [-0.2, -0.15) is 0 Å². The first-order valence-corrected chi connectivity index (χ1v) is 11.5. The Morgan fingerprint density at radius 3 is 2.57 bits per heavy atom. The lowest BCUT2D eigenvalue weighted by Crippen LogP contribution is -2.31. The molecule has 1 amide bonds. The van der Waals surface area contributed by atoms with E-state index in [1.807, 2.05) is 48.5 Å². The van der Waals surface area contributed by atoms with Gasteiger partial charge in [0, 0.05) is 12.1 Å². The van der Waals surface area contributed by atoms with Crippen LogP contribution in [-0.2, 0) is 10.0 Å².